The molecule has 6 heteroatoms. The van der Waals surface area contributed by atoms with Crippen LogP contribution in [0.25, 0.3) is 0 Å². The lowest BCUT2D eigenvalue weighted by atomic mass is 10.1. The molecule has 0 radical (unpaired) electrons. The van der Waals surface area contributed by atoms with Crippen molar-refractivity contribution in [2.45, 2.75) is 26.8 Å². The maximum Gasteiger partial charge on any atom is 0.225 e. The maximum atomic E-state index is 11.9. The third kappa shape index (κ3) is 2.37. The van der Waals surface area contributed by atoms with E-state index in [0.717, 1.165) is 17.0 Å². The van der Waals surface area contributed by atoms with Gasteiger partial charge in [0.2, 0.25) is 11.8 Å². The Labute approximate surface area is 106 Å². The summed E-state index contributed by atoms with van der Waals surface area (Å²) in [4.78, 5) is 22.9. The first-order chi connectivity index (χ1) is 8.49. The van der Waals surface area contributed by atoms with Gasteiger partial charge in [-0.25, -0.2) is 0 Å². The zero-order chi connectivity index (χ0) is 13.3. The standard InChI is InChI=1S/C12H18N4O2/c1-7-10(8(2)16(3)15-7)6-14-12(18)9-4-11(17)13-5-9/h9H,4-6H2,1-3H3,(H,13,17)(H,14,18). The van der Waals surface area contributed by atoms with Gasteiger partial charge in [0.15, 0.2) is 0 Å². The van der Waals surface area contributed by atoms with Crippen molar-refractivity contribution < 1.29 is 9.59 Å². The normalized spacial score (nSPS) is 18.8. The predicted molar refractivity (Wildman–Crippen MR) is 65.6 cm³/mol. The Morgan fingerprint density at radius 1 is 1.56 bits per heavy atom. The number of carbonyl (C=O) groups is 2. The summed E-state index contributed by atoms with van der Waals surface area (Å²) in [6.07, 6.45) is 0.289. The second-order valence-corrected chi connectivity index (χ2v) is 4.70. The number of hydrogen-bond acceptors (Lipinski definition) is 3. The second kappa shape index (κ2) is 4.80. The molecule has 0 aliphatic carbocycles. The van der Waals surface area contributed by atoms with Crippen LogP contribution in [0.5, 0.6) is 0 Å². The Morgan fingerprint density at radius 2 is 2.28 bits per heavy atom. The minimum absolute atomic E-state index is 0.0520. The lowest BCUT2D eigenvalue weighted by Gasteiger charge is -2.09. The van der Waals surface area contributed by atoms with Gasteiger partial charge in [0.05, 0.1) is 11.6 Å². The molecule has 1 aliphatic heterocycles. The van der Waals surface area contributed by atoms with Crippen molar-refractivity contribution in [2.24, 2.45) is 13.0 Å². The fraction of sp³-hybridized carbons (Fsp3) is 0.583. The van der Waals surface area contributed by atoms with Crippen LogP contribution in [0.3, 0.4) is 0 Å². The third-order valence-corrected chi connectivity index (χ3v) is 3.45. The van der Waals surface area contributed by atoms with Crippen LogP contribution >= 0.6 is 0 Å². The molecule has 1 aromatic rings. The summed E-state index contributed by atoms with van der Waals surface area (Å²) in [6, 6.07) is 0. The number of aromatic nitrogens is 2. The van der Waals surface area contributed by atoms with Crippen molar-refractivity contribution in [2.75, 3.05) is 6.54 Å². The highest BCUT2D eigenvalue weighted by Gasteiger charge is 2.27. The van der Waals surface area contributed by atoms with E-state index in [9.17, 15) is 9.59 Å². The van der Waals surface area contributed by atoms with E-state index in [-0.39, 0.29) is 24.2 Å². The summed E-state index contributed by atoms with van der Waals surface area (Å²) < 4.78 is 1.80. The number of nitrogens with zero attached hydrogens (tertiary/aromatic N) is 2. The van der Waals surface area contributed by atoms with E-state index in [1.807, 2.05) is 20.9 Å². The average molecular weight is 250 g/mol. The van der Waals surface area contributed by atoms with Gasteiger partial charge >= 0.3 is 0 Å². The van der Waals surface area contributed by atoms with Crippen LogP contribution in [0.15, 0.2) is 0 Å². The van der Waals surface area contributed by atoms with Crippen molar-refractivity contribution in [1.29, 1.82) is 0 Å². The van der Waals surface area contributed by atoms with Crippen LogP contribution < -0.4 is 10.6 Å². The molecule has 2 rings (SSSR count). The van der Waals surface area contributed by atoms with Gasteiger partial charge in [-0.05, 0) is 13.8 Å². The van der Waals surface area contributed by atoms with Crippen LogP contribution in [0.1, 0.15) is 23.4 Å². The molecule has 1 aliphatic rings. The van der Waals surface area contributed by atoms with E-state index >= 15 is 0 Å². The number of amides is 2. The number of nitrogens with one attached hydrogen (secondary N) is 2. The van der Waals surface area contributed by atoms with Gasteiger partial charge < -0.3 is 10.6 Å². The van der Waals surface area contributed by atoms with E-state index in [4.69, 9.17) is 0 Å². The Morgan fingerprint density at radius 3 is 2.78 bits per heavy atom. The molecule has 0 saturated carbocycles. The van der Waals surface area contributed by atoms with Gasteiger partial charge in [0, 0.05) is 37.8 Å². The molecule has 2 amide bonds. The Hall–Kier alpha value is -1.85. The molecular formula is C12H18N4O2. The van der Waals surface area contributed by atoms with Crippen molar-refractivity contribution in [3.05, 3.63) is 17.0 Å². The minimum atomic E-state index is -0.241. The largest absolute Gasteiger partial charge is 0.355 e. The fourth-order valence-electron chi connectivity index (χ4n) is 2.18. The lowest BCUT2D eigenvalue weighted by molar-refractivity contribution is -0.126. The monoisotopic (exact) mass is 250 g/mol. The number of rotatable bonds is 3. The third-order valence-electron chi connectivity index (χ3n) is 3.45. The molecule has 98 valence electrons. The van der Waals surface area contributed by atoms with Crippen LogP contribution in [0, 0.1) is 19.8 Å². The number of hydrogen-bond donors (Lipinski definition) is 2. The second-order valence-electron chi connectivity index (χ2n) is 4.70. The van der Waals surface area contributed by atoms with E-state index in [2.05, 4.69) is 15.7 Å². The molecule has 1 aromatic heterocycles. The predicted octanol–water partition coefficient (Wildman–Crippen LogP) is -0.211. The molecule has 18 heavy (non-hydrogen) atoms. The summed E-state index contributed by atoms with van der Waals surface area (Å²) in [5.74, 6) is -0.366. The van der Waals surface area contributed by atoms with Crippen LogP contribution in [0.2, 0.25) is 0 Å². The summed E-state index contributed by atoms with van der Waals surface area (Å²) in [7, 11) is 1.88. The molecule has 0 spiro atoms. The summed E-state index contributed by atoms with van der Waals surface area (Å²) in [5, 5.41) is 9.83. The van der Waals surface area contributed by atoms with Crippen molar-refractivity contribution >= 4 is 11.8 Å². The van der Waals surface area contributed by atoms with Gasteiger partial charge in [0.25, 0.3) is 0 Å². The van der Waals surface area contributed by atoms with E-state index in [1.165, 1.54) is 0 Å². The summed E-state index contributed by atoms with van der Waals surface area (Å²) in [5.41, 5.74) is 3.02. The molecule has 1 saturated heterocycles. The number of carbonyl (C=O) groups excluding carboxylic acids is 2. The zero-order valence-corrected chi connectivity index (χ0v) is 10.9. The quantitative estimate of drug-likeness (QED) is 0.779. The van der Waals surface area contributed by atoms with Crippen molar-refractivity contribution in [1.82, 2.24) is 20.4 Å². The molecule has 1 atom stereocenters. The molecule has 6 nitrogen and oxygen atoms in total. The Bertz CT molecular complexity index is 493. The van der Waals surface area contributed by atoms with E-state index < -0.39 is 0 Å². The van der Waals surface area contributed by atoms with Crippen LogP contribution in [0.4, 0.5) is 0 Å². The zero-order valence-electron chi connectivity index (χ0n) is 10.9. The molecule has 0 aromatic carbocycles. The van der Waals surface area contributed by atoms with Crippen molar-refractivity contribution in [3.8, 4) is 0 Å². The molecule has 0 bridgehead atoms. The first-order valence-corrected chi connectivity index (χ1v) is 6.02. The van der Waals surface area contributed by atoms with Crippen molar-refractivity contribution in [3.63, 3.8) is 0 Å². The Balaban J connectivity index is 1.95. The minimum Gasteiger partial charge on any atom is -0.355 e. The first kappa shape index (κ1) is 12.6. The summed E-state index contributed by atoms with van der Waals surface area (Å²) in [6.45, 7) is 4.81. The van der Waals surface area contributed by atoms with Gasteiger partial charge in [-0.2, -0.15) is 5.10 Å². The Kier molecular flexibility index (Phi) is 3.36. The van der Waals surface area contributed by atoms with Gasteiger partial charge in [-0.15, -0.1) is 0 Å². The fourth-order valence-corrected chi connectivity index (χ4v) is 2.18. The highest BCUT2D eigenvalue weighted by Crippen LogP contribution is 2.13. The number of aryl methyl sites for hydroxylation is 2. The van der Waals surface area contributed by atoms with Gasteiger partial charge in [0.1, 0.15) is 0 Å². The first-order valence-electron chi connectivity index (χ1n) is 6.02. The lowest BCUT2D eigenvalue weighted by Crippen LogP contribution is -2.31. The topological polar surface area (TPSA) is 76.0 Å². The SMILES string of the molecule is Cc1nn(C)c(C)c1CNC(=O)C1CNC(=O)C1. The molecule has 1 fully saturated rings. The average Bonchev–Trinajstić information content (AvgIpc) is 2.83. The van der Waals surface area contributed by atoms with Crippen LogP contribution in [-0.4, -0.2) is 28.1 Å². The molecule has 2 N–H and O–H groups in total. The van der Waals surface area contributed by atoms with Crippen LogP contribution in [-0.2, 0) is 23.2 Å². The van der Waals surface area contributed by atoms with Gasteiger partial charge in [-0.1, -0.05) is 0 Å². The smallest absolute Gasteiger partial charge is 0.225 e. The maximum absolute atomic E-state index is 11.9. The van der Waals surface area contributed by atoms with E-state index in [0.29, 0.717) is 13.1 Å². The summed E-state index contributed by atoms with van der Waals surface area (Å²) >= 11 is 0. The molecular weight excluding hydrogens is 232 g/mol. The highest BCUT2D eigenvalue weighted by molar-refractivity contribution is 5.89. The van der Waals surface area contributed by atoms with Gasteiger partial charge in [-0.3, -0.25) is 14.3 Å². The highest BCUT2D eigenvalue weighted by atomic mass is 16.2. The van der Waals surface area contributed by atoms with E-state index in [1.54, 1.807) is 4.68 Å². The molecule has 2 heterocycles. The molecule has 1 unspecified atom stereocenters.